The molecule has 88 valence electrons. The molecule has 1 aliphatic carbocycles. The highest BCUT2D eigenvalue weighted by Gasteiger charge is 2.27. The topological polar surface area (TPSA) is 30.2 Å². The van der Waals surface area contributed by atoms with E-state index >= 15 is 0 Å². The first-order valence-electron chi connectivity index (χ1n) is 6.00. The molecule has 0 N–H and O–H groups in total. The predicted octanol–water partition coefficient (Wildman–Crippen LogP) is 4.44. The Morgan fingerprint density at radius 1 is 1.38 bits per heavy atom. The summed E-state index contributed by atoms with van der Waals surface area (Å²) in [5.41, 5.74) is 0. The molecule has 0 amide bonds. The van der Waals surface area contributed by atoms with Crippen LogP contribution < -0.4 is 0 Å². The second-order valence-corrected chi connectivity index (χ2v) is 5.38. The summed E-state index contributed by atoms with van der Waals surface area (Å²) in [5.74, 6) is 1.69. The molecule has 0 unspecified atom stereocenters. The Kier molecular flexibility index (Phi) is 3.85. The molecule has 0 aromatic carbocycles. The average molecular weight is 285 g/mol. The molecule has 1 aromatic heterocycles. The van der Waals surface area contributed by atoms with E-state index in [9.17, 15) is 4.79 Å². The molecule has 1 fully saturated rings. The normalized spacial score (nSPS) is 25.6. The van der Waals surface area contributed by atoms with Crippen molar-refractivity contribution < 1.29 is 9.21 Å². The number of hydrogen-bond donors (Lipinski definition) is 0. The number of furan rings is 1. The van der Waals surface area contributed by atoms with Crippen molar-refractivity contribution in [1.82, 2.24) is 0 Å². The Balaban J connectivity index is 1.96. The van der Waals surface area contributed by atoms with Crippen molar-refractivity contribution >= 4 is 21.7 Å². The number of halogens is 1. The second kappa shape index (κ2) is 5.17. The number of carbonyl (C=O) groups is 1. The summed E-state index contributed by atoms with van der Waals surface area (Å²) in [5, 5.41) is 0. The molecule has 1 heterocycles. The number of hydrogen-bond acceptors (Lipinski definition) is 2. The zero-order valence-corrected chi connectivity index (χ0v) is 11.1. The van der Waals surface area contributed by atoms with Crippen LogP contribution in [0.2, 0.25) is 0 Å². The van der Waals surface area contributed by atoms with Gasteiger partial charge in [-0.25, -0.2) is 0 Å². The number of Topliss-reactive ketones (excluding diaryl/α,β-unsaturated/α-hetero) is 1. The van der Waals surface area contributed by atoms with Crippen molar-refractivity contribution in [2.24, 2.45) is 11.8 Å². The van der Waals surface area contributed by atoms with Gasteiger partial charge < -0.3 is 4.42 Å². The van der Waals surface area contributed by atoms with E-state index in [0.29, 0.717) is 10.4 Å². The Bertz CT molecular complexity index is 362. The van der Waals surface area contributed by atoms with Crippen LogP contribution in [0.1, 0.15) is 49.6 Å². The zero-order chi connectivity index (χ0) is 11.5. The van der Waals surface area contributed by atoms with Crippen LogP contribution in [-0.4, -0.2) is 5.78 Å². The standard InChI is InChI=1S/C13H17BrO2/c1-2-9-3-5-10(6-4-9)13(15)11-7-8-12(14)16-11/h7-10H,2-6H2,1H3. The van der Waals surface area contributed by atoms with Gasteiger partial charge in [-0.05, 0) is 59.7 Å². The quantitative estimate of drug-likeness (QED) is 0.768. The van der Waals surface area contributed by atoms with Gasteiger partial charge in [0.2, 0.25) is 5.78 Å². The number of ketones is 1. The minimum Gasteiger partial charge on any atom is -0.446 e. The molecule has 1 aromatic rings. The monoisotopic (exact) mass is 284 g/mol. The van der Waals surface area contributed by atoms with E-state index in [1.54, 1.807) is 12.1 Å². The van der Waals surface area contributed by atoms with E-state index in [1.165, 1.54) is 19.3 Å². The summed E-state index contributed by atoms with van der Waals surface area (Å²) in [6.07, 6.45) is 5.67. The van der Waals surface area contributed by atoms with E-state index < -0.39 is 0 Å². The third-order valence-corrected chi connectivity index (χ3v) is 4.04. The summed E-state index contributed by atoms with van der Waals surface area (Å²) in [6.45, 7) is 2.23. The lowest BCUT2D eigenvalue weighted by molar-refractivity contribution is 0.0841. The highest BCUT2D eigenvalue weighted by atomic mass is 79.9. The van der Waals surface area contributed by atoms with Crippen LogP contribution in [-0.2, 0) is 0 Å². The lowest BCUT2D eigenvalue weighted by atomic mass is 9.78. The zero-order valence-electron chi connectivity index (χ0n) is 9.54. The van der Waals surface area contributed by atoms with E-state index in [-0.39, 0.29) is 11.7 Å². The van der Waals surface area contributed by atoms with Gasteiger partial charge in [-0.15, -0.1) is 0 Å². The molecule has 0 saturated heterocycles. The van der Waals surface area contributed by atoms with Gasteiger partial charge in [0.1, 0.15) is 0 Å². The summed E-state index contributed by atoms with van der Waals surface area (Å²) in [6, 6.07) is 3.54. The molecule has 0 spiro atoms. The SMILES string of the molecule is CCC1CCC(C(=O)c2ccc(Br)o2)CC1. The lowest BCUT2D eigenvalue weighted by Crippen LogP contribution is -2.21. The maximum Gasteiger partial charge on any atom is 0.201 e. The molecule has 0 aliphatic heterocycles. The Morgan fingerprint density at radius 3 is 2.56 bits per heavy atom. The van der Waals surface area contributed by atoms with Gasteiger partial charge in [-0.2, -0.15) is 0 Å². The summed E-state index contributed by atoms with van der Waals surface area (Å²) in [4.78, 5) is 12.1. The van der Waals surface area contributed by atoms with Crippen molar-refractivity contribution in [1.29, 1.82) is 0 Å². The van der Waals surface area contributed by atoms with Crippen LogP contribution in [0, 0.1) is 11.8 Å². The highest BCUT2D eigenvalue weighted by Crippen LogP contribution is 2.33. The van der Waals surface area contributed by atoms with Crippen molar-refractivity contribution in [2.45, 2.75) is 39.0 Å². The molecule has 1 aliphatic rings. The van der Waals surface area contributed by atoms with Crippen molar-refractivity contribution in [3.8, 4) is 0 Å². The Morgan fingerprint density at radius 2 is 2.06 bits per heavy atom. The van der Waals surface area contributed by atoms with Gasteiger partial charge in [0.15, 0.2) is 10.4 Å². The van der Waals surface area contributed by atoms with Crippen molar-refractivity contribution in [3.63, 3.8) is 0 Å². The van der Waals surface area contributed by atoms with Crippen LogP contribution in [0.4, 0.5) is 0 Å². The molecule has 0 bridgehead atoms. The average Bonchev–Trinajstić information content (AvgIpc) is 2.75. The maximum atomic E-state index is 12.1. The summed E-state index contributed by atoms with van der Waals surface area (Å²) < 4.78 is 5.96. The number of carbonyl (C=O) groups excluding carboxylic acids is 1. The van der Waals surface area contributed by atoms with Crippen LogP contribution >= 0.6 is 15.9 Å². The van der Waals surface area contributed by atoms with Gasteiger partial charge in [-0.3, -0.25) is 4.79 Å². The highest BCUT2D eigenvalue weighted by molar-refractivity contribution is 9.10. The third kappa shape index (κ3) is 2.57. The summed E-state index contributed by atoms with van der Waals surface area (Å²) >= 11 is 3.23. The van der Waals surface area contributed by atoms with Crippen LogP contribution in [0.25, 0.3) is 0 Å². The van der Waals surface area contributed by atoms with Gasteiger partial charge in [0, 0.05) is 5.92 Å². The second-order valence-electron chi connectivity index (χ2n) is 4.59. The molecule has 0 atom stereocenters. The molecule has 0 radical (unpaired) electrons. The molecular formula is C13H17BrO2. The first-order valence-corrected chi connectivity index (χ1v) is 6.79. The van der Waals surface area contributed by atoms with E-state index in [0.717, 1.165) is 18.8 Å². The van der Waals surface area contributed by atoms with Crippen molar-refractivity contribution in [2.75, 3.05) is 0 Å². The molecule has 16 heavy (non-hydrogen) atoms. The minimum atomic E-state index is 0.181. The Labute approximate surface area is 105 Å². The van der Waals surface area contributed by atoms with Gasteiger partial charge in [-0.1, -0.05) is 13.3 Å². The number of rotatable bonds is 3. The fourth-order valence-corrected chi connectivity index (χ4v) is 2.79. The third-order valence-electron chi connectivity index (χ3n) is 3.61. The first kappa shape index (κ1) is 11.9. The fraction of sp³-hybridized carbons (Fsp3) is 0.615. The van der Waals surface area contributed by atoms with Crippen LogP contribution in [0.5, 0.6) is 0 Å². The van der Waals surface area contributed by atoms with Gasteiger partial charge in [0.25, 0.3) is 0 Å². The van der Waals surface area contributed by atoms with E-state index in [2.05, 4.69) is 22.9 Å². The molecule has 3 heteroatoms. The van der Waals surface area contributed by atoms with Crippen LogP contribution in [0.15, 0.2) is 21.2 Å². The molecule has 1 saturated carbocycles. The lowest BCUT2D eigenvalue weighted by Gasteiger charge is -2.26. The predicted molar refractivity (Wildman–Crippen MR) is 66.5 cm³/mol. The van der Waals surface area contributed by atoms with E-state index in [4.69, 9.17) is 4.42 Å². The first-order chi connectivity index (χ1) is 7.70. The Hall–Kier alpha value is -0.570. The maximum absolute atomic E-state index is 12.1. The fourth-order valence-electron chi connectivity index (χ4n) is 2.48. The van der Waals surface area contributed by atoms with E-state index in [1.807, 2.05) is 0 Å². The van der Waals surface area contributed by atoms with Crippen LogP contribution in [0.3, 0.4) is 0 Å². The molecular weight excluding hydrogens is 268 g/mol. The van der Waals surface area contributed by atoms with Gasteiger partial charge in [0.05, 0.1) is 0 Å². The largest absolute Gasteiger partial charge is 0.446 e. The minimum absolute atomic E-state index is 0.181. The van der Waals surface area contributed by atoms with Gasteiger partial charge >= 0.3 is 0 Å². The molecule has 2 nitrogen and oxygen atoms in total. The summed E-state index contributed by atoms with van der Waals surface area (Å²) in [7, 11) is 0. The molecule has 2 rings (SSSR count). The smallest absolute Gasteiger partial charge is 0.201 e. The van der Waals surface area contributed by atoms with Crippen molar-refractivity contribution in [3.05, 3.63) is 22.6 Å².